The van der Waals surface area contributed by atoms with Crippen LogP contribution in [0.1, 0.15) is 78.6 Å². The number of aliphatic hydroxyl groups is 1. The molecule has 1 N–H and O–H groups in total. The molecule has 1 fully saturated rings. The zero-order valence-electron chi connectivity index (χ0n) is 16.6. The summed E-state index contributed by atoms with van der Waals surface area (Å²) < 4.78 is 0. The molecule has 0 heterocycles. The van der Waals surface area contributed by atoms with Crippen molar-refractivity contribution in [2.75, 3.05) is 5.75 Å². The first-order valence-corrected chi connectivity index (χ1v) is 11.3. The minimum Gasteiger partial charge on any atom is -0.388 e. The molecule has 1 nitrogen and oxygen atoms in total. The van der Waals surface area contributed by atoms with E-state index in [1.165, 1.54) is 56.1 Å². The van der Waals surface area contributed by atoms with E-state index in [2.05, 4.69) is 51.3 Å². The number of allylic oxidation sites excluding steroid dienone is 3. The molecule has 0 saturated heterocycles. The van der Waals surface area contributed by atoms with Gasteiger partial charge in [-0.1, -0.05) is 71.1 Å². The SMILES string of the molecule is C=CCCC1C=C(C(C)(C)C)C=C(CSC2CCCCCCC2)C1O. The van der Waals surface area contributed by atoms with E-state index in [4.69, 9.17) is 0 Å². The lowest BCUT2D eigenvalue weighted by Gasteiger charge is -2.33. The molecule has 0 bridgehead atoms. The topological polar surface area (TPSA) is 20.2 Å². The van der Waals surface area contributed by atoms with Gasteiger partial charge in [-0.2, -0.15) is 11.8 Å². The first kappa shape index (κ1) is 20.8. The van der Waals surface area contributed by atoms with Crippen LogP contribution in [0.15, 0.2) is 36.0 Å². The number of aliphatic hydroxyl groups excluding tert-OH is 1. The van der Waals surface area contributed by atoms with Gasteiger partial charge in [-0.3, -0.25) is 0 Å². The third-order valence-corrected chi connectivity index (χ3v) is 7.07. The van der Waals surface area contributed by atoms with Gasteiger partial charge in [-0.05, 0) is 42.2 Å². The van der Waals surface area contributed by atoms with Gasteiger partial charge in [0.2, 0.25) is 0 Å². The number of hydrogen-bond acceptors (Lipinski definition) is 2. The molecule has 0 aromatic heterocycles. The van der Waals surface area contributed by atoms with Gasteiger partial charge in [-0.15, -0.1) is 6.58 Å². The van der Waals surface area contributed by atoms with Crippen LogP contribution in [0.4, 0.5) is 0 Å². The molecule has 25 heavy (non-hydrogen) atoms. The van der Waals surface area contributed by atoms with Gasteiger partial charge < -0.3 is 5.11 Å². The molecule has 2 atom stereocenters. The normalized spacial score (nSPS) is 26.4. The predicted octanol–water partition coefficient (Wildman–Crippen LogP) is 6.69. The van der Waals surface area contributed by atoms with Crippen LogP contribution in [0, 0.1) is 11.3 Å². The quantitative estimate of drug-likeness (QED) is 0.531. The molecule has 0 spiro atoms. The number of rotatable bonds is 6. The minimum absolute atomic E-state index is 0.142. The number of thioether (sulfide) groups is 1. The lowest BCUT2D eigenvalue weighted by molar-refractivity contribution is 0.157. The Hall–Kier alpha value is -0.470. The van der Waals surface area contributed by atoms with Crippen molar-refractivity contribution in [3.63, 3.8) is 0 Å². The van der Waals surface area contributed by atoms with Crippen LogP contribution in [-0.2, 0) is 0 Å². The van der Waals surface area contributed by atoms with Gasteiger partial charge in [0.1, 0.15) is 0 Å². The fourth-order valence-electron chi connectivity index (χ4n) is 3.87. The molecule has 0 aromatic carbocycles. The average Bonchev–Trinajstić information content (AvgIpc) is 2.52. The summed E-state index contributed by atoms with van der Waals surface area (Å²) in [6.45, 7) is 10.7. The van der Waals surface area contributed by atoms with Crippen LogP contribution in [-0.4, -0.2) is 22.2 Å². The van der Waals surface area contributed by atoms with E-state index in [0.717, 1.165) is 23.8 Å². The Morgan fingerprint density at radius 3 is 2.40 bits per heavy atom. The summed E-state index contributed by atoms with van der Waals surface area (Å²) in [7, 11) is 0. The third kappa shape index (κ3) is 6.64. The fraction of sp³-hybridized carbons (Fsp3) is 0.739. The zero-order chi connectivity index (χ0) is 18.3. The molecule has 0 aromatic rings. The van der Waals surface area contributed by atoms with Crippen molar-refractivity contribution in [2.24, 2.45) is 11.3 Å². The van der Waals surface area contributed by atoms with Crippen LogP contribution in [0.2, 0.25) is 0 Å². The molecular formula is C23H38OS. The molecule has 2 unspecified atom stereocenters. The van der Waals surface area contributed by atoms with Crippen molar-refractivity contribution in [1.29, 1.82) is 0 Å². The smallest absolute Gasteiger partial charge is 0.0824 e. The standard InChI is InChI=1S/C23H38OS/c1-5-6-12-18-15-20(23(2,3)4)16-19(22(18)24)17-25-21-13-10-8-7-9-11-14-21/h5,15-16,18,21-22,24H,1,6-14,17H2,2-4H3. The van der Waals surface area contributed by atoms with Crippen molar-refractivity contribution in [3.05, 3.63) is 36.0 Å². The molecule has 0 aliphatic heterocycles. The van der Waals surface area contributed by atoms with Gasteiger partial charge >= 0.3 is 0 Å². The van der Waals surface area contributed by atoms with Crippen LogP contribution >= 0.6 is 11.8 Å². The summed E-state index contributed by atoms with van der Waals surface area (Å²) in [4.78, 5) is 0. The first-order chi connectivity index (χ1) is 11.9. The Bertz CT molecular complexity index is 475. The van der Waals surface area contributed by atoms with Gasteiger partial charge in [0.25, 0.3) is 0 Å². The van der Waals surface area contributed by atoms with Crippen molar-refractivity contribution in [2.45, 2.75) is 89.9 Å². The Morgan fingerprint density at radius 1 is 1.16 bits per heavy atom. The third-order valence-electron chi connectivity index (χ3n) is 5.63. The Morgan fingerprint density at radius 2 is 1.80 bits per heavy atom. The Balaban J connectivity index is 2.03. The fourth-order valence-corrected chi connectivity index (χ4v) is 5.22. The first-order valence-electron chi connectivity index (χ1n) is 10.2. The lowest BCUT2D eigenvalue weighted by atomic mass is 9.76. The second-order valence-corrected chi connectivity index (χ2v) is 10.1. The second-order valence-electron chi connectivity index (χ2n) is 8.84. The minimum atomic E-state index is -0.313. The Kier molecular flexibility index (Phi) is 8.35. The predicted molar refractivity (Wildman–Crippen MR) is 113 cm³/mol. The highest BCUT2D eigenvalue weighted by Gasteiger charge is 2.29. The van der Waals surface area contributed by atoms with E-state index in [9.17, 15) is 5.11 Å². The summed E-state index contributed by atoms with van der Waals surface area (Å²) >= 11 is 2.09. The van der Waals surface area contributed by atoms with Crippen molar-refractivity contribution in [1.82, 2.24) is 0 Å². The molecular weight excluding hydrogens is 324 g/mol. The molecule has 0 amide bonds. The average molecular weight is 363 g/mol. The lowest BCUT2D eigenvalue weighted by Crippen LogP contribution is -2.28. The highest BCUT2D eigenvalue weighted by atomic mass is 32.2. The van der Waals surface area contributed by atoms with Gasteiger partial charge in [0, 0.05) is 16.9 Å². The van der Waals surface area contributed by atoms with E-state index < -0.39 is 0 Å². The van der Waals surface area contributed by atoms with Crippen LogP contribution in [0.25, 0.3) is 0 Å². The molecule has 2 heteroatoms. The van der Waals surface area contributed by atoms with Gasteiger partial charge in [0.15, 0.2) is 0 Å². The maximum atomic E-state index is 10.9. The van der Waals surface area contributed by atoms with Crippen LogP contribution < -0.4 is 0 Å². The van der Waals surface area contributed by atoms with E-state index >= 15 is 0 Å². The van der Waals surface area contributed by atoms with E-state index in [-0.39, 0.29) is 17.4 Å². The van der Waals surface area contributed by atoms with Crippen molar-refractivity contribution in [3.8, 4) is 0 Å². The van der Waals surface area contributed by atoms with Gasteiger partial charge in [0.05, 0.1) is 6.10 Å². The largest absolute Gasteiger partial charge is 0.388 e. The molecule has 2 rings (SSSR count). The molecule has 2 aliphatic carbocycles. The second kappa shape index (κ2) is 10.0. The van der Waals surface area contributed by atoms with Crippen LogP contribution in [0.5, 0.6) is 0 Å². The van der Waals surface area contributed by atoms with Crippen molar-refractivity contribution >= 4 is 11.8 Å². The Labute approximate surface area is 160 Å². The summed E-state index contributed by atoms with van der Waals surface area (Å²) in [6, 6.07) is 0. The maximum absolute atomic E-state index is 10.9. The van der Waals surface area contributed by atoms with Crippen molar-refractivity contribution < 1.29 is 5.11 Å². The maximum Gasteiger partial charge on any atom is 0.0824 e. The van der Waals surface area contributed by atoms with E-state index in [1.54, 1.807) is 0 Å². The zero-order valence-corrected chi connectivity index (χ0v) is 17.4. The highest BCUT2D eigenvalue weighted by molar-refractivity contribution is 8.00. The number of hydrogen-bond donors (Lipinski definition) is 1. The highest BCUT2D eigenvalue weighted by Crippen LogP contribution is 2.38. The molecule has 1 saturated carbocycles. The molecule has 0 radical (unpaired) electrons. The van der Waals surface area contributed by atoms with Gasteiger partial charge in [-0.25, -0.2) is 0 Å². The summed E-state index contributed by atoms with van der Waals surface area (Å²) in [5.41, 5.74) is 2.77. The van der Waals surface area contributed by atoms with E-state index in [0.29, 0.717) is 0 Å². The molecule has 2 aliphatic rings. The monoisotopic (exact) mass is 362 g/mol. The summed E-state index contributed by atoms with van der Waals surface area (Å²) in [6.07, 6.45) is 18.0. The summed E-state index contributed by atoms with van der Waals surface area (Å²) in [5, 5.41) is 11.7. The summed E-state index contributed by atoms with van der Waals surface area (Å²) in [5.74, 6) is 1.23. The van der Waals surface area contributed by atoms with Crippen LogP contribution in [0.3, 0.4) is 0 Å². The van der Waals surface area contributed by atoms with E-state index in [1.807, 2.05) is 6.08 Å². The molecule has 142 valence electrons.